The van der Waals surface area contributed by atoms with Crippen LogP contribution in [0.2, 0.25) is 0 Å². The third kappa shape index (κ3) is 5.00. The van der Waals surface area contributed by atoms with Gasteiger partial charge in [0.2, 0.25) is 0 Å². The second-order valence-electron chi connectivity index (χ2n) is 6.22. The number of methoxy groups -OCH3 is 2. The van der Waals surface area contributed by atoms with Gasteiger partial charge in [0.05, 0.1) is 0 Å². The minimum Gasteiger partial charge on any atom is -0.356 e. The number of nitrogens with two attached hydrogens (primary N) is 1. The SMILES string of the molecule is COC(CC(CN)N1CCN(C(C)(C)C)CC1)OC. The summed E-state index contributed by atoms with van der Waals surface area (Å²) in [5.74, 6) is 0. The Morgan fingerprint density at radius 2 is 1.58 bits per heavy atom. The van der Waals surface area contributed by atoms with Gasteiger partial charge in [0.15, 0.2) is 6.29 Å². The zero-order valence-corrected chi connectivity index (χ0v) is 13.2. The van der Waals surface area contributed by atoms with Crippen molar-refractivity contribution < 1.29 is 9.47 Å². The summed E-state index contributed by atoms with van der Waals surface area (Å²) >= 11 is 0. The zero-order valence-electron chi connectivity index (χ0n) is 13.2. The molecule has 1 saturated heterocycles. The Morgan fingerprint density at radius 1 is 1.05 bits per heavy atom. The fourth-order valence-electron chi connectivity index (χ4n) is 2.66. The lowest BCUT2D eigenvalue weighted by Crippen LogP contribution is -2.57. The van der Waals surface area contributed by atoms with Gasteiger partial charge in [-0.25, -0.2) is 0 Å². The summed E-state index contributed by atoms with van der Waals surface area (Å²) in [5.41, 5.74) is 6.17. The van der Waals surface area contributed by atoms with E-state index in [1.807, 2.05) is 0 Å². The molecule has 5 nitrogen and oxygen atoms in total. The topological polar surface area (TPSA) is 51.0 Å². The maximum absolute atomic E-state index is 5.92. The van der Waals surface area contributed by atoms with Crippen molar-refractivity contribution in [2.24, 2.45) is 5.73 Å². The van der Waals surface area contributed by atoms with E-state index in [-0.39, 0.29) is 11.8 Å². The Hall–Kier alpha value is -0.200. The fraction of sp³-hybridized carbons (Fsp3) is 1.00. The molecule has 5 heteroatoms. The van der Waals surface area contributed by atoms with Gasteiger partial charge in [-0.2, -0.15) is 0 Å². The molecule has 1 atom stereocenters. The third-order valence-corrected chi connectivity index (χ3v) is 4.04. The number of ether oxygens (including phenoxy) is 2. The minimum absolute atomic E-state index is 0.158. The first kappa shape index (κ1) is 16.9. The first-order valence-electron chi connectivity index (χ1n) is 7.17. The smallest absolute Gasteiger partial charge is 0.158 e. The van der Waals surface area contributed by atoms with E-state index in [4.69, 9.17) is 15.2 Å². The monoisotopic (exact) mass is 273 g/mol. The van der Waals surface area contributed by atoms with Gasteiger partial charge in [0, 0.05) is 64.9 Å². The lowest BCUT2D eigenvalue weighted by molar-refractivity contribution is -0.118. The van der Waals surface area contributed by atoms with Crippen molar-refractivity contribution in [2.45, 2.75) is 45.1 Å². The zero-order chi connectivity index (χ0) is 14.5. The Kier molecular flexibility index (Phi) is 6.69. The quantitative estimate of drug-likeness (QED) is 0.723. The Labute approximate surface area is 118 Å². The second kappa shape index (κ2) is 7.55. The number of hydrogen-bond acceptors (Lipinski definition) is 5. The van der Waals surface area contributed by atoms with Crippen LogP contribution in [0.25, 0.3) is 0 Å². The minimum atomic E-state index is -0.158. The highest BCUT2D eigenvalue weighted by atomic mass is 16.7. The summed E-state index contributed by atoms with van der Waals surface area (Å²) in [6.07, 6.45) is 0.674. The van der Waals surface area contributed by atoms with Crippen molar-refractivity contribution in [1.82, 2.24) is 9.80 Å². The molecule has 0 aromatic carbocycles. The molecule has 114 valence electrons. The van der Waals surface area contributed by atoms with Crippen LogP contribution in [0.15, 0.2) is 0 Å². The molecule has 0 aromatic rings. The van der Waals surface area contributed by atoms with Crippen LogP contribution in [0.3, 0.4) is 0 Å². The van der Waals surface area contributed by atoms with E-state index in [9.17, 15) is 0 Å². The highest BCUT2D eigenvalue weighted by molar-refractivity contribution is 4.85. The summed E-state index contributed by atoms with van der Waals surface area (Å²) in [4.78, 5) is 4.99. The highest BCUT2D eigenvalue weighted by Gasteiger charge is 2.29. The molecule has 1 aliphatic heterocycles. The summed E-state index contributed by atoms with van der Waals surface area (Å²) < 4.78 is 10.6. The van der Waals surface area contributed by atoms with E-state index >= 15 is 0 Å². The van der Waals surface area contributed by atoms with Gasteiger partial charge < -0.3 is 15.2 Å². The van der Waals surface area contributed by atoms with Gasteiger partial charge in [0.25, 0.3) is 0 Å². The number of piperazine rings is 1. The molecule has 0 amide bonds. The summed E-state index contributed by atoms with van der Waals surface area (Å²) in [5, 5.41) is 0. The number of rotatable bonds is 6. The van der Waals surface area contributed by atoms with Crippen LogP contribution in [-0.2, 0) is 9.47 Å². The molecule has 0 aliphatic carbocycles. The van der Waals surface area contributed by atoms with Crippen LogP contribution in [0.1, 0.15) is 27.2 Å². The lowest BCUT2D eigenvalue weighted by Gasteiger charge is -2.44. The van der Waals surface area contributed by atoms with Crippen LogP contribution in [0.4, 0.5) is 0 Å². The van der Waals surface area contributed by atoms with Crippen LogP contribution >= 0.6 is 0 Å². The predicted octanol–water partition coefficient (Wildman–Crippen LogP) is 0.739. The van der Waals surface area contributed by atoms with E-state index in [1.54, 1.807) is 14.2 Å². The van der Waals surface area contributed by atoms with Crippen molar-refractivity contribution in [1.29, 1.82) is 0 Å². The van der Waals surface area contributed by atoms with Crippen molar-refractivity contribution >= 4 is 0 Å². The highest BCUT2D eigenvalue weighted by Crippen LogP contribution is 2.18. The predicted molar refractivity (Wildman–Crippen MR) is 78.2 cm³/mol. The Balaban J connectivity index is 2.47. The van der Waals surface area contributed by atoms with Crippen molar-refractivity contribution in [2.75, 3.05) is 46.9 Å². The van der Waals surface area contributed by atoms with Crippen LogP contribution in [0, 0.1) is 0 Å². The van der Waals surface area contributed by atoms with Gasteiger partial charge in [-0.1, -0.05) is 0 Å². The van der Waals surface area contributed by atoms with Crippen LogP contribution < -0.4 is 5.73 Å². The molecule has 1 rings (SSSR count). The molecule has 0 spiro atoms. The van der Waals surface area contributed by atoms with Gasteiger partial charge in [-0.05, 0) is 20.8 Å². The van der Waals surface area contributed by atoms with E-state index < -0.39 is 0 Å². The molecule has 0 saturated carbocycles. The van der Waals surface area contributed by atoms with Crippen molar-refractivity contribution in [3.05, 3.63) is 0 Å². The molecular weight excluding hydrogens is 242 g/mol. The molecule has 0 bridgehead atoms. The van der Waals surface area contributed by atoms with Gasteiger partial charge in [-0.15, -0.1) is 0 Å². The Morgan fingerprint density at radius 3 is 1.95 bits per heavy atom. The summed E-state index contributed by atoms with van der Waals surface area (Å²) in [6.45, 7) is 11.8. The third-order valence-electron chi connectivity index (χ3n) is 4.04. The largest absolute Gasteiger partial charge is 0.356 e. The molecule has 0 radical (unpaired) electrons. The molecule has 0 aromatic heterocycles. The van der Waals surface area contributed by atoms with Crippen LogP contribution in [-0.4, -0.2) is 74.6 Å². The molecule has 19 heavy (non-hydrogen) atoms. The van der Waals surface area contributed by atoms with E-state index in [0.29, 0.717) is 12.6 Å². The second-order valence-corrected chi connectivity index (χ2v) is 6.22. The first-order chi connectivity index (χ1) is 8.92. The lowest BCUT2D eigenvalue weighted by atomic mass is 10.0. The van der Waals surface area contributed by atoms with E-state index in [1.165, 1.54) is 0 Å². The molecule has 1 aliphatic rings. The fourth-order valence-corrected chi connectivity index (χ4v) is 2.66. The van der Waals surface area contributed by atoms with E-state index in [2.05, 4.69) is 30.6 Å². The van der Waals surface area contributed by atoms with Crippen LogP contribution in [0.5, 0.6) is 0 Å². The maximum Gasteiger partial charge on any atom is 0.158 e. The molecular formula is C14H31N3O2. The standard InChI is InChI=1S/C14H31N3O2/c1-14(2,3)17-8-6-16(7-9-17)12(11-15)10-13(18-4)19-5/h12-13H,6-11,15H2,1-5H3. The number of hydrogen-bond donors (Lipinski definition) is 1. The van der Waals surface area contributed by atoms with E-state index in [0.717, 1.165) is 32.6 Å². The maximum atomic E-state index is 5.92. The normalized spacial score (nSPS) is 21.0. The summed E-state index contributed by atoms with van der Waals surface area (Å²) in [6, 6.07) is 0.340. The first-order valence-corrected chi connectivity index (χ1v) is 7.17. The van der Waals surface area contributed by atoms with Crippen molar-refractivity contribution in [3.8, 4) is 0 Å². The van der Waals surface area contributed by atoms with Gasteiger partial charge >= 0.3 is 0 Å². The number of nitrogens with zero attached hydrogens (tertiary/aromatic N) is 2. The van der Waals surface area contributed by atoms with Gasteiger partial charge in [-0.3, -0.25) is 9.80 Å². The molecule has 1 fully saturated rings. The van der Waals surface area contributed by atoms with Crippen molar-refractivity contribution in [3.63, 3.8) is 0 Å². The average Bonchev–Trinajstić information content (AvgIpc) is 2.39. The average molecular weight is 273 g/mol. The molecule has 1 unspecified atom stereocenters. The molecule has 2 N–H and O–H groups in total. The summed E-state index contributed by atoms with van der Waals surface area (Å²) in [7, 11) is 3.36. The molecule has 1 heterocycles. The Bertz CT molecular complexity index is 244. The van der Waals surface area contributed by atoms with Gasteiger partial charge in [0.1, 0.15) is 0 Å².